The first-order valence-electron chi connectivity index (χ1n) is 7.51. The van der Waals surface area contributed by atoms with Crippen LogP contribution in [0.3, 0.4) is 0 Å². The number of rotatable bonds is 3. The number of benzene rings is 1. The Morgan fingerprint density at radius 3 is 2.79 bits per heavy atom. The summed E-state index contributed by atoms with van der Waals surface area (Å²) in [7, 11) is -3.14. The summed E-state index contributed by atoms with van der Waals surface area (Å²) in [5.41, 5.74) is 0.737. The van der Waals surface area contributed by atoms with Gasteiger partial charge < -0.3 is 5.32 Å². The number of sulfone groups is 1. The van der Waals surface area contributed by atoms with E-state index in [0.717, 1.165) is 0 Å². The van der Waals surface area contributed by atoms with Crippen molar-refractivity contribution >= 4 is 44.7 Å². The van der Waals surface area contributed by atoms with Crippen LogP contribution < -0.4 is 5.32 Å². The van der Waals surface area contributed by atoms with Crippen molar-refractivity contribution < 1.29 is 18.0 Å². The Labute approximate surface area is 144 Å². The van der Waals surface area contributed by atoms with Crippen LogP contribution in [0.25, 0.3) is 0 Å². The third-order valence-corrected chi connectivity index (χ3v) is 5.94. The first-order chi connectivity index (χ1) is 11.3. The van der Waals surface area contributed by atoms with Gasteiger partial charge in [0.1, 0.15) is 5.71 Å². The van der Waals surface area contributed by atoms with Crippen LogP contribution in [-0.2, 0) is 19.4 Å². The molecule has 2 amide bonds. The van der Waals surface area contributed by atoms with E-state index >= 15 is 0 Å². The number of halogens is 1. The average molecular weight is 370 g/mol. The van der Waals surface area contributed by atoms with Gasteiger partial charge in [-0.2, -0.15) is 5.10 Å². The molecule has 0 bridgehead atoms. The zero-order valence-corrected chi connectivity index (χ0v) is 14.3. The average Bonchev–Trinajstić information content (AvgIpc) is 2.87. The van der Waals surface area contributed by atoms with E-state index in [0.29, 0.717) is 17.1 Å². The SMILES string of the molecule is O=C(Nc1cccc(Cl)c1)C1=NN([C@H]2CCS(=O)(=O)C2)C(=O)CC1. The predicted octanol–water partition coefficient (Wildman–Crippen LogP) is 1.44. The molecule has 24 heavy (non-hydrogen) atoms. The molecule has 0 aliphatic carbocycles. The van der Waals surface area contributed by atoms with Gasteiger partial charge in [-0.25, -0.2) is 13.4 Å². The van der Waals surface area contributed by atoms with Crippen LogP contribution in [0.4, 0.5) is 5.69 Å². The van der Waals surface area contributed by atoms with Crippen LogP contribution in [0.15, 0.2) is 29.4 Å². The molecule has 0 aromatic heterocycles. The van der Waals surface area contributed by atoms with Crippen molar-refractivity contribution in [3.63, 3.8) is 0 Å². The van der Waals surface area contributed by atoms with Crippen molar-refractivity contribution in [1.29, 1.82) is 0 Å². The largest absolute Gasteiger partial charge is 0.321 e. The summed E-state index contributed by atoms with van der Waals surface area (Å²) in [6.07, 6.45) is 0.709. The van der Waals surface area contributed by atoms with E-state index in [-0.39, 0.29) is 36.0 Å². The second kappa shape index (κ2) is 6.52. The van der Waals surface area contributed by atoms with Crippen molar-refractivity contribution in [3.8, 4) is 0 Å². The van der Waals surface area contributed by atoms with Crippen LogP contribution in [0.5, 0.6) is 0 Å². The Morgan fingerprint density at radius 2 is 2.12 bits per heavy atom. The summed E-state index contributed by atoms with van der Waals surface area (Å²) in [4.78, 5) is 24.4. The van der Waals surface area contributed by atoms with Crippen molar-refractivity contribution in [2.75, 3.05) is 16.8 Å². The maximum Gasteiger partial charge on any atom is 0.271 e. The maximum atomic E-state index is 12.3. The second-order valence-electron chi connectivity index (χ2n) is 5.81. The number of carbonyl (C=O) groups is 2. The van der Waals surface area contributed by atoms with E-state index in [1.165, 1.54) is 5.01 Å². The number of hydrogen-bond donors (Lipinski definition) is 1. The molecule has 7 nitrogen and oxygen atoms in total. The monoisotopic (exact) mass is 369 g/mol. The highest BCUT2D eigenvalue weighted by Crippen LogP contribution is 2.22. The molecule has 3 rings (SSSR count). The summed E-state index contributed by atoms with van der Waals surface area (Å²) in [5.74, 6) is -0.737. The Bertz CT molecular complexity index is 822. The summed E-state index contributed by atoms with van der Waals surface area (Å²) in [5, 5.41) is 8.46. The smallest absolute Gasteiger partial charge is 0.271 e. The molecule has 0 saturated carbocycles. The van der Waals surface area contributed by atoms with E-state index in [2.05, 4.69) is 10.4 Å². The quantitative estimate of drug-likeness (QED) is 0.872. The van der Waals surface area contributed by atoms with E-state index < -0.39 is 21.8 Å². The fourth-order valence-corrected chi connectivity index (χ4v) is 4.64. The van der Waals surface area contributed by atoms with Gasteiger partial charge in [0.15, 0.2) is 9.84 Å². The molecule has 1 aromatic rings. The minimum Gasteiger partial charge on any atom is -0.321 e. The third kappa shape index (κ3) is 3.76. The summed E-state index contributed by atoms with van der Waals surface area (Å²) >= 11 is 5.88. The minimum atomic E-state index is -3.14. The number of hydrogen-bond acceptors (Lipinski definition) is 5. The molecule has 0 unspecified atom stereocenters. The molecule has 9 heteroatoms. The van der Waals surface area contributed by atoms with Gasteiger partial charge in [0.05, 0.1) is 17.5 Å². The molecule has 1 fully saturated rings. The minimum absolute atomic E-state index is 0.0427. The highest BCUT2D eigenvalue weighted by atomic mass is 35.5. The molecule has 0 radical (unpaired) electrons. The lowest BCUT2D eigenvalue weighted by Gasteiger charge is -2.27. The molecule has 128 valence electrons. The van der Waals surface area contributed by atoms with E-state index in [9.17, 15) is 18.0 Å². The number of carbonyl (C=O) groups excluding carboxylic acids is 2. The lowest BCUT2D eigenvalue weighted by atomic mass is 10.1. The Kier molecular flexibility index (Phi) is 4.60. The summed E-state index contributed by atoms with van der Waals surface area (Å²) in [6, 6.07) is 6.21. The van der Waals surface area contributed by atoms with Crippen molar-refractivity contribution in [1.82, 2.24) is 5.01 Å². The topological polar surface area (TPSA) is 95.9 Å². The molecule has 0 spiro atoms. The number of amides is 2. The zero-order chi connectivity index (χ0) is 17.3. The normalized spacial score (nSPS) is 23.0. The van der Waals surface area contributed by atoms with Crippen LogP contribution >= 0.6 is 11.6 Å². The number of anilines is 1. The molecular formula is C15H16ClN3O4S. The lowest BCUT2D eigenvalue weighted by molar-refractivity contribution is -0.133. The standard InChI is InChI=1S/C15H16ClN3O4S/c16-10-2-1-3-11(8-10)17-15(21)13-4-5-14(20)19(18-13)12-6-7-24(22,23)9-12/h1-3,8,12H,4-7,9H2,(H,17,21)/t12-/m0/s1. The first kappa shape index (κ1) is 16.9. The van der Waals surface area contributed by atoms with Gasteiger partial charge in [0.25, 0.3) is 5.91 Å². The van der Waals surface area contributed by atoms with Gasteiger partial charge in [-0.05, 0) is 24.6 Å². The van der Waals surface area contributed by atoms with Crippen molar-refractivity contribution in [3.05, 3.63) is 29.3 Å². The molecule has 1 atom stereocenters. The molecule has 2 aliphatic rings. The van der Waals surface area contributed by atoms with Gasteiger partial charge in [-0.3, -0.25) is 9.59 Å². The molecular weight excluding hydrogens is 354 g/mol. The van der Waals surface area contributed by atoms with E-state index in [1.807, 2.05) is 0 Å². The van der Waals surface area contributed by atoms with Gasteiger partial charge in [-0.15, -0.1) is 0 Å². The predicted molar refractivity (Wildman–Crippen MR) is 90.7 cm³/mol. The molecule has 2 heterocycles. The van der Waals surface area contributed by atoms with Gasteiger partial charge in [0, 0.05) is 23.6 Å². The highest BCUT2D eigenvalue weighted by Gasteiger charge is 2.37. The molecule has 1 N–H and O–H groups in total. The first-order valence-corrected chi connectivity index (χ1v) is 9.71. The number of nitrogens with zero attached hydrogens (tertiary/aromatic N) is 2. The Balaban J connectivity index is 1.76. The van der Waals surface area contributed by atoms with Crippen LogP contribution in [0.2, 0.25) is 5.02 Å². The van der Waals surface area contributed by atoms with Crippen molar-refractivity contribution in [2.24, 2.45) is 5.10 Å². The summed E-state index contributed by atoms with van der Waals surface area (Å²) < 4.78 is 23.2. The van der Waals surface area contributed by atoms with E-state index in [4.69, 9.17) is 11.6 Å². The van der Waals surface area contributed by atoms with Crippen LogP contribution in [0.1, 0.15) is 19.3 Å². The zero-order valence-electron chi connectivity index (χ0n) is 12.7. The van der Waals surface area contributed by atoms with Crippen molar-refractivity contribution in [2.45, 2.75) is 25.3 Å². The Hall–Kier alpha value is -1.93. The van der Waals surface area contributed by atoms with Gasteiger partial charge >= 0.3 is 0 Å². The maximum absolute atomic E-state index is 12.3. The third-order valence-electron chi connectivity index (χ3n) is 3.96. The second-order valence-corrected chi connectivity index (χ2v) is 8.47. The number of nitrogens with one attached hydrogen (secondary N) is 1. The Morgan fingerprint density at radius 1 is 1.33 bits per heavy atom. The van der Waals surface area contributed by atoms with E-state index in [1.54, 1.807) is 24.3 Å². The summed E-state index contributed by atoms with van der Waals surface area (Å²) in [6.45, 7) is 0. The molecule has 2 aliphatic heterocycles. The van der Waals surface area contributed by atoms with Gasteiger partial charge in [0.2, 0.25) is 5.91 Å². The van der Waals surface area contributed by atoms with Gasteiger partial charge in [-0.1, -0.05) is 17.7 Å². The highest BCUT2D eigenvalue weighted by molar-refractivity contribution is 7.91. The van der Waals surface area contributed by atoms with Crippen LogP contribution in [-0.4, -0.2) is 48.5 Å². The fraction of sp³-hybridized carbons (Fsp3) is 0.400. The number of hydrazone groups is 1. The lowest BCUT2D eigenvalue weighted by Crippen LogP contribution is -2.42. The molecule has 1 saturated heterocycles. The van der Waals surface area contributed by atoms with Crippen LogP contribution in [0, 0.1) is 0 Å². The fourth-order valence-electron chi connectivity index (χ4n) is 2.76. The molecule has 1 aromatic carbocycles.